The Morgan fingerprint density at radius 1 is 1.09 bits per heavy atom. The molecule has 1 aliphatic rings. The number of rotatable bonds is 8. The summed E-state index contributed by atoms with van der Waals surface area (Å²) in [5.74, 6) is 0.472. The van der Waals surface area contributed by atoms with Crippen molar-refractivity contribution in [2.45, 2.75) is 58.4 Å². The second-order valence-electron chi connectivity index (χ2n) is 8.67. The number of fused-ring (bicyclic) bond motifs is 1. The van der Waals surface area contributed by atoms with Crippen molar-refractivity contribution in [3.05, 3.63) is 48.8 Å². The molecule has 0 radical (unpaired) electrons. The standard InChI is InChI=1S/C26H32N6O2/c1-3-7-25(33-4-2)32-23(12-14-29-32)20-17-24(27)30-21-16-18(9-10-19(20)21)22-11-13-28-31(22)26-8-5-6-15-34-26/h9-14,16-17,25-26H,3-8,15H2,1-2H3,(H2,27,30). The van der Waals surface area contributed by atoms with Crippen LogP contribution in [0.5, 0.6) is 0 Å². The molecule has 1 fully saturated rings. The highest BCUT2D eigenvalue weighted by Gasteiger charge is 2.21. The van der Waals surface area contributed by atoms with E-state index in [0.717, 1.165) is 72.1 Å². The van der Waals surface area contributed by atoms with Gasteiger partial charge in [-0.2, -0.15) is 10.2 Å². The Hall–Kier alpha value is -3.23. The molecule has 0 aliphatic carbocycles. The summed E-state index contributed by atoms with van der Waals surface area (Å²) in [5.41, 5.74) is 11.1. The number of pyridine rings is 1. The van der Waals surface area contributed by atoms with Crippen molar-refractivity contribution in [2.75, 3.05) is 18.9 Å². The van der Waals surface area contributed by atoms with E-state index in [1.165, 1.54) is 0 Å². The minimum atomic E-state index is -0.117. The number of hydrogen-bond acceptors (Lipinski definition) is 6. The van der Waals surface area contributed by atoms with Crippen molar-refractivity contribution in [3.8, 4) is 22.5 Å². The molecule has 1 saturated heterocycles. The number of ether oxygens (including phenoxy) is 2. The lowest BCUT2D eigenvalue weighted by Crippen LogP contribution is -2.19. The summed E-state index contributed by atoms with van der Waals surface area (Å²) in [5, 5.41) is 10.2. The van der Waals surface area contributed by atoms with Gasteiger partial charge >= 0.3 is 0 Å². The first-order chi connectivity index (χ1) is 16.7. The Morgan fingerprint density at radius 3 is 2.74 bits per heavy atom. The first-order valence-corrected chi connectivity index (χ1v) is 12.2. The molecular formula is C26H32N6O2. The predicted octanol–water partition coefficient (Wildman–Crippen LogP) is 5.58. The second kappa shape index (κ2) is 9.95. The molecule has 3 aromatic heterocycles. The zero-order valence-electron chi connectivity index (χ0n) is 19.9. The highest BCUT2D eigenvalue weighted by molar-refractivity contribution is 5.97. The molecule has 34 heavy (non-hydrogen) atoms. The van der Waals surface area contributed by atoms with E-state index in [-0.39, 0.29) is 12.5 Å². The number of anilines is 1. The molecule has 8 heteroatoms. The number of aromatic nitrogens is 5. The van der Waals surface area contributed by atoms with Crippen molar-refractivity contribution in [2.24, 2.45) is 0 Å². The van der Waals surface area contributed by atoms with Gasteiger partial charge in [0.05, 0.1) is 16.9 Å². The van der Waals surface area contributed by atoms with Crippen LogP contribution in [0.2, 0.25) is 0 Å². The van der Waals surface area contributed by atoms with Crippen LogP contribution < -0.4 is 5.73 Å². The lowest BCUT2D eigenvalue weighted by molar-refractivity contribution is -0.0383. The quantitative estimate of drug-likeness (QED) is 0.369. The molecule has 0 amide bonds. The first kappa shape index (κ1) is 22.6. The van der Waals surface area contributed by atoms with Gasteiger partial charge in [0.2, 0.25) is 0 Å². The molecule has 1 aromatic carbocycles. The van der Waals surface area contributed by atoms with Crippen molar-refractivity contribution < 1.29 is 9.47 Å². The fourth-order valence-electron chi connectivity index (χ4n) is 4.78. The predicted molar refractivity (Wildman–Crippen MR) is 133 cm³/mol. The third-order valence-corrected chi connectivity index (χ3v) is 6.34. The smallest absolute Gasteiger partial charge is 0.150 e. The van der Waals surface area contributed by atoms with Gasteiger partial charge in [-0.25, -0.2) is 14.3 Å². The van der Waals surface area contributed by atoms with Gasteiger partial charge in [0.25, 0.3) is 0 Å². The van der Waals surface area contributed by atoms with Crippen LogP contribution in [0, 0.1) is 0 Å². The molecule has 2 unspecified atom stereocenters. The van der Waals surface area contributed by atoms with Crippen LogP contribution in [0.1, 0.15) is 58.4 Å². The molecule has 4 heterocycles. The fourth-order valence-corrected chi connectivity index (χ4v) is 4.78. The molecule has 5 rings (SSSR count). The second-order valence-corrected chi connectivity index (χ2v) is 8.67. The molecule has 0 spiro atoms. The van der Waals surface area contributed by atoms with E-state index >= 15 is 0 Å². The topological polar surface area (TPSA) is 93.0 Å². The molecule has 178 valence electrons. The van der Waals surface area contributed by atoms with Gasteiger partial charge in [0, 0.05) is 42.1 Å². The third kappa shape index (κ3) is 4.31. The van der Waals surface area contributed by atoms with E-state index in [9.17, 15) is 0 Å². The third-order valence-electron chi connectivity index (χ3n) is 6.34. The average Bonchev–Trinajstić information content (AvgIpc) is 3.54. The lowest BCUT2D eigenvalue weighted by Gasteiger charge is -2.24. The Kier molecular flexibility index (Phi) is 6.60. The Balaban J connectivity index is 1.57. The minimum Gasteiger partial charge on any atom is -0.384 e. The summed E-state index contributed by atoms with van der Waals surface area (Å²) < 4.78 is 15.9. The van der Waals surface area contributed by atoms with E-state index in [2.05, 4.69) is 40.3 Å². The number of benzene rings is 1. The Bertz CT molecular complexity index is 1250. The van der Waals surface area contributed by atoms with Gasteiger partial charge in [-0.05, 0) is 56.9 Å². The van der Waals surface area contributed by atoms with Crippen LogP contribution in [0.3, 0.4) is 0 Å². The average molecular weight is 461 g/mol. The van der Waals surface area contributed by atoms with Crippen molar-refractivity contribution in [3.63, 3.8) is 0 Å². The molecule has 4 aromatic rings. The minimum absolute atomic E-state index is 0.0257. The SMILES string of the molecule is CCCC(OCC)n1nccc1-c1cc(N)nc2cc(-c3ccnn3C3CCCCO3)ccc12. The van der Waals surface area contributed by atoms with E-state index in [0.29, 0.717) is 12.4 Å². The Labute approximate surface area is 199 Å². The van der Waals surface area contributed by atoms with Crippen molar-refractivity contribution >= 4 is 16.7 Å². The van der Waals surface area contributed by atoms with Crippen molar-refractivity contribution in [1.29, 1.82) is 0 Å². The highest BCUT2D eigenvalue weighted by atomic mass is 16.5. The maximum atomic E-state index is 6.28. The van der Waals surface area contributed by atoms with E-state index in [1.54, 1.807) is 0 Å². The zero-order valence-corrected chi connectivity index (χ0v) is 19.9. The van der Waals surface area contributed by atoms with Crippen LogP contribution in [-0.2, 0) is 9.47 Å². The maximum Gasteiger partial charge on any atom is 0.150 e. The van der Waals surface area contributed by atoms with Crippen LogP contribution in [0.15, 0.2) is 48.8 Å². The van der Waals surface area contributed by atoms with Crippen LogP contribution in [-0.4, -0.2) is 37.8 Å². The summed E-state index contributed by atoms with van der Waals surface area (Å²) in [7, 11) is 0. The summed E-state index contributed by atoms with van der Waals surface area (Å²) in [6.07, 6.45) is 8.62. The van der Waals surface area contributed by atoms with E-state index < -0.39 is 0 Å². The molecule has 2 N–H and O–H groups in total. The van der Waals surface area contributed by atoms with E-state index in [1.807, 2.05) is 46.9 Å². The van der Waals surface area contributed by atoms with Crippen LogP contribution in [0.25, 0.3) is 33.4 Å². The number of hydrogen-bond donors (Lipinski definition) is 1. The van der Waals surface area contributed by atoms with Gasteiger partial charge in [0.1, 0.15) is 5.82 Å². The van der Waals surface area contributed by atoms with Gasteiger partial charge in [-0.3, -0.25) is 0 Å². The van der Waals surface area contributed by atoms with Crippen LogP contribution in [0.4, 0.5) is 5.82 Å². The molecular weight excluding hydrogens is 428 g/mol. The molecule has 8 nitrogen and oxygen atoms in total. The monoisotopic (exact) mass is 460 g/mol. The normalized spacial score (nSPS) is 17.3. The van der Waals surface area contributed by atoms with Gasteiger partial charge in [-0.15, -0.1) is 0 Å². The molecule has 0 saturated carbocycles. The number of nitrogens with two attached hydrogens (primary N) is 1. The van der Waals surface area contributed by atoms with Gasteiger partial charge < -0.3 is 15.2 Å². The van der Waals surface area contributed by atoms with Gasteiger partial charge in [-0.1, -0.05) is 25.5 Å². The fraction of sp³-hybridized carbons (Fsp3) is 0.423. The number of nitrogens with zero attached hydrogens (tertiary/aromatic N) is 5. The highest BCUT2D eigenvalue weighted by Crippen LogP contribution is 2.35. The van der Waals surface area contributed by atoms with E-state index in [4.69, 9.17) is 15.2 Å². The Morgan fingerprint density at radius 2 is 1.94 bits per heavy atom. The zero-order chi connectivity index (χ0) is 23.5. The largest absolute Gasteiger partial charge is 0.384 e. The van der Waals surface area contributed by atoms with Crippen LogP contribution >= 0.6 is 0 Å². The lowest BCUT2D eigenvalue weighted by atomic mass is 10.0. The first-order valence-electron chi connectivity index (χ1n) is 12.2. The number of nitrogen functional groups attached to an aromatic ring is 1. The molecule has 0 bridgehead atoms. The molecule has 1 aliphatic heterocycles. The summed E-state index contributed by atoms with van der Waals surface area (Å²) in [6.45, 7) is 5.57. The molecule has 2 atom stereocenters. The van der Waals surface area contributed by atoms with Crippen molar-refractivity contribution in [1.82, 2.24) is 24.5 Å². The summed E-state index contributed by atoms with van der Waals surface area (Å²) in [6, 6.07) is 12.3. The van der Waals surface area contributed by atoms with Gasteiger partial charge in [0.15, 0.2) is 12.5 Å². The maximum absolute atomic E-state index is 6.28. The summed E-state index contributed by atoms with van der Waals surface area (Å²) >= 11 is 0. The summed E-state index contributed by atoms with van der Waals surface area (Å²) in [4.78, 5) is 4.66.